The molecule has 1 aliphatic rings. The Hall–Kier alpha value is -0.0631. The average Bonchev–Trinajstić information content (AvgIpc) is 2.53. The van der Waals surface area contributed by atoms with Gasteiger partial charge in [0.1, 0.15) is 0 Å². The van der Waals surface area contributed by atoms with Crippen LogP contribution in [-0.2, 0) is 4.43 Å². The Morgan fingerprint density at radius 3 is 2.12 bits per heavy atom. The van der Waals surface area contributed by atoms with Crippen molar-refractivity contribution < 1.29 is 4.43 Å². The van der Waals surface area contributed by atoms with Crippen LogP contribution in [0.25, 0.3) is 0 Å². The van der Waals surface area contributed by atoms with E-state index in [4.69, 9.17) is 27.6 Å². The lowest BCUT2D eigenvalue weighted by molar-refractivity contribution is 0.179. The first kappa shape index (κ1) is 21.2. The Kier molecular flexibility index (Phi) is 8.28. The maximum Gasteiger partial charge on any atom is 0.192 e. The summed E-state index contributed by atoms with van der Waals surface area (Å²) in [5.74, 6) is 0.829. The highest BCUT2D eigenvalue weighted by Crippen LogP contribution is 2.37. The van der Waals surface area contributed by atoms with Gasteiger partial charge in [0.2, 0.25) is 0 Å². The third kappa shape index (κ3) is 5.46. The first-order chi connectivity index (χ1) is 11.9. The van der Waals surface area contributed by atoms with Gasteiger partial charge in [-0.25, -0.2) is 0 Å². The minimum Gasteiger partial charge on any atom is -0.409 e. The smallest absolute Gasteiger partial charge is 0.192 e. The zero-order valence-electron chi connectivity index (χ0n) is 16.1. The van der Waals surface area contributed by atoms with E-state index >= 15 is 0 Å². The number of hydrogen-bond acceptors (Lipinski definition) is 2. The van der Waals surface area contributed by atoms with Gasteiger partial charge in [0.15, 0.2) is 8.32 Å². The molecule has 0 aliphatic heterocycles. The van der Waals surface area contributed by atoms with Gasteiger partial charge in [-0.05, 0) is 68.1 Å². The fourth-order valence-electron chi connectivity index (χ4n) is 3.64. The van der Waals surface area contributed by atoms with E-state index in [2.05, 4.69) is 26.1 Å². The molecule has 1 saturated carbocycles. The number of rotatable bonds is 10. The predicted octanol–water partition coefficient (Wildman–Crippen LogP) is 6.75. The van der Waals surface area contributed by atoms with Gasteiger partial charge in [0.25, 0.3) is 0 Å². The summed E-state index contributed by atoms with van der Waals surface area (Å²) in [4.78, 5) is 0. The van der Waals surface area contributed by atoms with E-state index in [0.717, 1.165) is 58.3 Å². The van der Waals surface area contributed by atoms with Gasteiger partial charge in [0.05, 0.1) is 6.10 Å². The molecule has 25 heavy (non-hydrogen) atoms. The monoisotopic (exact) mass is 401 g/mol. The fraction of sp³-hybridized carbons (Fsp3) is 0.700. The van der Waals surface area contributed by atoms with Crippen molar-refractivity contribution >= 4 is 31.5 Å². The second-order valence-corrected chi connectivity index (χ2v) is 13.0. The largest absolute Gasteiger partial charge is 0.409 e. The van der Waals surface area contributed by atoms with E-state index in [-0.39, 0.29) is 6.10 Å². The first-order valence-electron chi connectivity index (χ1n) is 9.78. The van der Waals surface area contributed by atoms with E-state index in [1.165, 1.54) is 19.3 Å². The molecule has 1 N–H and O–H groups in total. The quantitative estimate of drug-likeness (QED) is 0.437. The van der Waals surface area contributed by atoms with Crippen LogP contribution in [0.4, 0.5) is 0 Å². The fourth-order valence-corrected chi connectivity index (χ4v) is 7.28. The zero-order chi connectivity index (χ0) is 18.4. The molecule has 0 heterocycles. The lowest BCUT2D eigenvalue weighted by Crippen LogP contribution is -2.41. The van der Waals surface area contributed by atoms with Crippen LogP contribution in [0.3, 0.4) is 0 Å². The molecule has 0 saturated heterocycles. The molecule has 1 aromatic rings. The summed E-state index contributed by atoms with van der Waals surface area (Å²) in [5.41, 5.74) is 2.05. The molecule has 0 bridgehead atoms. The minimum absolute atomic E-state index is 0.0628. The van der Waals surface area contributed by atoms with E-state index < -0.39 is 8.32 Å². The van der Waals surface area contributed by atoms with E-state index in [0.29, 0.717) is 0 Å². The van der Waals surface area contributed by atoms with Gasteiger partial charge >= 0.3 is 0 Å². The van der Waals surface area contributed by atoms with Crippen LogP contribution in [0, 0.1) is 12.8 Å². The normalized spacial score (nSPS) is 16.7. The summed E-state index contributed by atoms with van der Waals surface area (Å²) in [6.45, 7) is 10.7. The van der Waals surface area contributed by atoms with Gasteiger partial charge in [-0.15, -0.1) is 0 Å². The Bertz CT molecular complexity index is 527. The molecule has 0 spiro atoms. The molecule has 0 aromatic heterocycles. The Balaban J connectivity index is 2.21. The highest BCUT2D eigenvalue weighted by molar-refractivity contribution is 6.73. The van der Waals surface area contributed by atoms with Crippen molar-refractivity contribution in [3.63, 3.8) is 0 Å². The number of halogens is 2. The van der Waals surface area contributed by atoms with Gasteiger partial charge in [-0.3, -0.25) is 0 Å². The molecule has 2 rings (SSSR count). The van der Waals surface area contributed by atoms with Crippen LogP contribution in [0.15, 0.2) is 12.1 Å². The molecule has 1 fully saturated rings. The number of hydrogen-bond donors (Lipinski definition) is 1. The van der Waals surface area contributed by atoms with Crippen LogP contribution in [0.1, 0.15) is 57.3 Å². The van der Waals surface area contributed by atoms with Crippen molar-refractivity contribution in [2.45, 2.75) is 71.2 Å². The van der Waals surface area contributed by atoms with Crippen molar-refractivity contribution in [1.29, 1.82) is 0 Å². The molecule has 0 radical (unpaired) electrons. The van der Waals surface area contributed by atoms with E-state index in [1.54, 1.807) is 0 Å². The highest BCUT2D eigenvalue weighted by atomic mass is 35.5. The lowest BCUT2D eigenvalue weighted by Gasteiger charge is -2.35. The topological polar surface area (TPSA) is 21.3 Å². The van der Waals surface area contributed by atoms with Crippen molar-refractivity contribution in [3.05, 3.63) is 33.3 Å². The highest BCUT2D eigenvalue weighted by Gasteiger charge is 2.34. The molecular weight excluding hydrogens is 369 g/mol. The van der Waals surface area contributed by atoms with Crippen molar-refractivity contribution in [1.82, 2.24) is 5.32 Å². The van der Waals surface area contributed by atoms with Gasteiger partial charge in [-0.1, -0.05) is 50.4 Å². The molecule has 1 aromatic carbocycles. The molecule has 0 amide bonds. The summed E-state index contributed by atoms with van der Waals surface area (Å²) in [5, 5.41) is 5.09. The first-order valence-corrected chi connectivity index (χ1v) is 13.1. The maximum atomic E-state index is 6.81. The zero-order valence-corrected chi connectivity index (χ0v) is 18.6. The second kappa shape index (κ2) is 9.75. The second-order valence-electron chi connectivity index (χ2n) is 7.45. The van der Waals surface area contributed by atoms with E-state index in [1.807, 2.05) is 19.1 Å². The summed E-state index contributed by atoms with van der Waals surface area (Å²) in [6.07, 6.45) is 4.01. The molecule has 5 heteroatoms. The number of aryl methyl sites for hydroxylation is 1. The SMILES string of the molecule is CC[Si](CC)(CC)OC(CNCC1CCC1)c1c(Cl)cc(C)cc1Cl. The summed E-state index contributed by atoms with van der Waals surface area (Å²) >= 11 is 13.2. The Labute approximate surface area is 164 Å². The number of benzene rings is 1. The summed E-state index contributed by atoms with van der Waals surface area (Å²) < 4.78 is 6.81. The van der Waals surface area contributed by atoms with Crippen LogP contribution in [0.5, 0.6) is 0 Å². The molecule has 1 unspecified atom stereocenters. The molecular formula is C20H33Cl2NOSi. The van der Waals surface area contributed by atoms with Crippen molar-refractivity contribution in [2.75, 3.05) is 13.1 Å². The van der Waals surface area contributed by atoms with E-state index in [9.17, 15) is 0 Å². The van der Waals surface area contributed by atoms with Crippen molar-refractivity contribution in [2.24, 2.45) is 5.92 Å². The third-order valence-corrected chi connectivity index (χ3v) is 11.1. The average molecular weight is 402 g/mol. The Morgan fingerprint density at radius 1 is 1.12 bits per heavy atom. The molecule has 2 nitrogen and oxygen atoms in total. The van der Waals surface area contributed by atoms with Crippen molar-refractivity contribution in [3.8, 4) is 0 Å². The number of nitrogens with one attached hydrogen (secondary N) is 1. The minimum atomic E-state index is -1.75. The Morgan fingerprint density at radius 2 is 1.68 bits per heavy atom. The lowest BCUT2D eigenvalue weighted by atomic mass is 9.85. The maximum absolute atomic E-state index is 6.81. The van der Waals surface area contributed by atoms with Gasteiger partial charge in [-0.2, -0.15) is 0 Å². The van der Waals surface area contributed by atoms with Gasteiger partial charge in [0, 0.05) is 22.2 Å². The van der Waals surface area contributed by atoms with Crippen LogP contribution in [0.2, 0.25) is 28.2 Å². The summed E-state index contributed by atoms with van der Waals surface area (Å²) in [7, 11) is -1.75. The van der Waals surface area contributed by atoms with Crippen LogP contribution < -0.4 is 5.32 Å². The molecule has 142 valence electrons. The van der Waals surface area contributed by atoms with Crippen LogP contribution in [-0.4, -0.2) is 21.4 Å². The third-order valence-electron chi connectivity index (χ3n) is 5.86. The van der Waals surface area contributed by atoms with Crippen LogP contribution >= 0.6 is 23.2 Å². The summed E-state index contributed by atoms with van der Waals surface area (Å²) in [6, 6.07) is 7.37. The molecule has 1 atom stereocenters. The standard InChI is InChI=1S/C20H33Cl2NOSi/c1-5-25(6-2,7-3)24-19(14-23-13-16-9-8-10-16)20-17(21)11-15(4)12-18(20)22/h11-12,16,19,23H,5-10,13-14H2,1-4H3. The van der Waals surface area contributed by atoms with Gasteiger partial charge < -0.3 is 9.74 Å². The predicted molar refractivity (Wildman–Crippen MR) is 112 cm³/mol. The molecule has 1 aliphatic carbocycles.